The molecule has 166 valence electrons. The lowest BCUT2D eigenvalue weighted by molar-refractivity contribution is 0.565. The van der Waals surface area contributed by atoms with E-state index in [1.807, 2.05) is 24.3 Å². The summed E-state index contributed by atoms with van der Waals surface area (Å²) in [4.78, 5) is 13.0. The summed E-state index contributed by atoms with van der Waals surface area (Å²) in [5.74, 6) is 2.82. The Morgan fingerprint density at radius 2 is 1.97 bits per heavy atom. The lowest BCUT2D eigenvalue weighted by Crippen LogP contribution is -2.33. The highest BCUT2D eigenvalue weighted by Gasteiger charge is 2.27. The molecular weight excluding hydrogens is 472 g/mol. The summed E-state index contributed by atoms with van der Waals surface area (Å²) in [5.41, 5.74) is 1.20. The van der Waals surface area contributed by atoms with Gasteiger partial charge < -0.3 is 10.6 Å². The van der Waals surface area contributed by atoms with Crippen molar-refractivity contribution in [2.75, 3.05) is 29.9 Å². The van der Waals surface area contributed by atoms with E-state index in [1.165, 1.54) is 10.4 Å². The van der Waals surface area contributed by atoms with Gasteiger partial charge in [0.1, 0.15) is 16.5 Å². The minimum absolute atomic E-state index is 0.0497. The third-order valence-electron chi connectivity index (χ3n) is 5.34. The molecule has 0 amide bonds. The molecule has 1 atom stereocenters. The van der Waals surface area contributed by atoms with E-state index in [2.05, 4.69) is 24.5 Å². The Morgan fingerprint density at radius 3 is 2.68 bits per heavy atom. The molecule has 0 radical (unpaired) electrons. The number of fused-ring (bicyclic) bond motifs is 1. The van der Waals surface area contributed by atoms with Gasteiger partial charge >= 0.3 is 0 Å². The zero-order chi connectivity index (χ0) is 22.0. The van der Waals surface area contributed by atoms with Gasteiger partial charge in [-0.15, -0.1) is 23.1 Å². The maximum atomic E-state index is 11.6. The fraction of sp³-hybridized carbons (Fsp3) is 0.429. The summed E-state index contributed by atoms with van der Waals surface area (Å²) in [6, 6.07) is 7.82. The predicted octanol–water partition coefficient (Wildman–Crippen LogP) is 4.44. The quantitative estimate of drug-likeness (QED) is 0.352. The maximum absolute atomic E-state index is 11.6. The number of sulfone groups is 1. The van der Waals surface area contributed by atoms with Crippen molar-refractivity contribution >= 4 is 60.6 Å². The molecule has 1 fully saturated rings. The highest BCUT2D eigenvalue weighted by molar-refractivity contribution is 7.98. The number of halogens is 1. The topological polar surface area (TPSA) is 84.0 Å². The van der Waals surface area contributed by atoms with Crippen LogP contribution in [0, 0.1) is 13.8 Å². The molecule has 6 nitrogen and oxygen atoms in total. The molecule has 0 bridgehead atoms. The van der Waals surface area contributed by atoms with Crippen LogP contribution in [0.5, 0.6) is 0 Å². The van der Waals surface area contributed by atoms with E-state index in [-0.39, 0.29) is 17.5 Å². The third-order valence-corrected chi connectivity index (χ3v) is 9.47. The Labute approximate surface area is 196 Å². The molecule has 10 heteroatoms. The molecule has 1 unspecified atom stereocenters. The van der Waals surface area contributed by atoms with Crippen molar-refractivity contribution in [1.29, 1.82) is 0 Å². The lowest BCUT2D eigenvalue weighted by Gasteiger charge is -2.13. The molecule has 0 aliphatic carbocycles. The number of hydrogen-bond acceptors (Lipinski definition) is 8. The largest absolute Gasteiger partial charge is 0.368 e. The fourth-order valence-corrected chi connectivity index (χ4v) is 7.21. The van der Waals surface area contributed by atoms with Crippen LogP contribution in [0.15, 0.2) is 29.2 Å². The summed E-state index contributed by atoms with van der Waals surface area (Å²) in [6.07, 6.45) is 0.689. The third kappa shape index (κ3) is 5.70. The molecule has 2 aromatic heterocycles. The second-order valence-corrected chi connectivity index (χ2v) is 12.6. The second-order valence-electron chi connectivity index (χ2n) is 7.68. The average Bonchev–Trinajstić information content (AvgIpc) is 3.22. The number of benzene rings is 1. The first kappa shape index (κ1) is 22.8. The van der Waals surface area contributed by atoms with Crippen LogP contribution >= 0.6 is 34.7 Å². The standard InChI is InChI=1S/C21H25ClN4O2S3/c1-13-14(2)30-21-19(13)20(24-9-8-23-16-7-10-31(27,28)12-16)25-18(26-21)11-29-17-5-3-15(22)4-6-17/h3-6,16,23H,7-12H2,1-2H3,(H,24,25,26). The highest BCUT2D eigenvalue weighted by Crippen LogP contribution is 2.34. The molecule has 0 saturated carbocycles. The highest BCUT2D eigenvalue weighted by atomic mass is 35.5. The van der Waals surface area contributed by atoms with E-state index in [0.29, 0.717) is 25.3 Å². The van der Waals surface area contributed by atoms with Crippen LogP contribution in [0.2, 0.25) is 5.02 Å². The minimum Gasteiger partial charge on any atom is -0.368 e. The Hall–Kier alpha value is -1.39. The van der Waals surface area contributed by atoms with Gasteiger partial charge in [-0.3, -0.25) is 0 Å². The maximum Gasteiger partial charge on any atom is 0.151 e. The molecule has 3 aromatic rings. The van der Waals surface area contributed by atoms with Crippen molar-refractivity contribution in [2.45, 2.75) is 37.0 Å². The van der Waals surface area contributed by atoms with E-state index in [1.54, 1.807) is 23.1 Å². The molecule has 0 spiro atoms. The number of thioether (sulfide) groups is 1. The summed E-state index contributed by atoms with van der Waals surface area (Å²) in [5, 5.41) is 8.59. The molecule has 1 aliphatic rings. The van der Waals surface area contributed by atoms with Gasteiger partial charge in [0, 0.05) is 33.9 Å². The number of aromatic nitrogens is 2. The van der Waals surface area contributed by atoms with Crippen LogP contribution in [0.25, 0.3) is 10.2 Å². The number of rotatable bonds is 8. The van der Waals surface area contributed by atoms with Gasteiger partial charge in [0.05, 0.1) is 22.6 Å². The normalized spacial score (nSPS) is 18.0. The number of nitrogens with one attached hydrogen (secondary N) is 2. The zero-order valence-electron chi connectivity index (χ0n) is 17.4. The number of nitrogens with zero attached hydrogens (tertiary/aromatic N) is 2. The van der Waals surface area contributed by atoms with Crippen molar-refractivity contribution in [3.8, 4) is 0 Å². The lowest BCUT2D eigenvalue weighted by atomic mass is 10.2. The summed E-state index contributed by atoms with van der Waals surface area (Å²) in [7, 11) is -2.87. The number of anilines is 1. The molecule has 1 aromatic carbocycles. The van der Waals surface area contributed by atoms with Crippen LogP contribution in [-0.4, -0.2) is 49.0 Å². The van der Waals surface area contributed by atoms with Gasteiger partial charge in [-0.25, -0.2) is 18.4 Å². The fourth-order valence-electron chi connectivity index (χ4n) is 3.58. The molecule has 4 rings (SSSR count). The first-order chi connectivity index (χ1) is 14.8. The van der Waals surface area contributed by atoms with E-state index in [0.717, 1.165) is 31.8 Å². The first-order valence-electron chi connectivity index (χ1n) is 10.1. The van der Waals surface area contributed by atoms with Crippen LogP contribution in [0.1, 0.15) is 22.7 Å². The average molecular weight is 497 g/mol. The molecule has 1 aliphatic heterocycles. The van der Waals surface area contributed by atoms with E-state index in [4.69, 9.17) is 21.6 Å². The SMILES string of the molecule is Cc1sc2nc(CSc3ccc(Cl)cc3)nc(NCCNC3CCS(=O)(=O)C3)c2c1C. The van der Waals surface area contributed by atoms with E-state index in [9.17, 15) is 8.42 Å². The Morgan fingerprint density at radius 1 is 1.19 bits per heavy atom. The summed E-state index contributed by atoms with van der Waals surface area (Å²) < 4.78 is 23.2. The van der Waals surface area contributed by atoms with Gasteiger partial charge in [0.2, 0.25) is 0 Å². The second kappa shape index (κ2) is 9.62. The summed E-state index contributed by atoms with van der Waals surface area (Å²) >= 11 is 9.34. The van der Waals surface area contributed by atoms with Gasteiger partial charge in [0.25, 0.3) is 0 Å². The van der Waals surface area contributed by atoms with Crippen molar-refractivity contribution in [2.24, 2.45) is 0 Å². The zero-order valence-corrected chi connectivity index (χ0v) is 20.6. The Bertz CT molecular complexity index is 1180. The van der Waals surface area contributed by atoms with E-state index < -0.39 is 9.84 Å². The van der Waals surface area contributed by atoms with Crippen LogP contribution in [-0.2, 0) is 15.6 Å². The monoisotopic (exact) mass is 496 g/mol. The van der Waals surface area contributed by atoms with Gasteiger partial charge in [-0.1, -0.05) is 11.6 Å². The van der Waals surface area contributed by atoms with Crippen LogP contribution in [0.4, 0.5) is 5.82 Å². The van der Waals surface area contributed by atoms with Crippen LogP contribution < -0.4 is 10.6 Å². The van der Waals surface area contributed by atoms with Crippen molar-refractivity contribution in [1.82, 2.24) is 15.3 Å². The molecule has 3 heterocycles. The van der Waals surface area contributed by atoms with E-state index >= 15 is 0 Å². The van der Waals surface area contributed by atoms with Crippen molar-refractivity contribution < 1.29 is 8.42 Å². The predicted molar refractivity (Wildman–Crippen MR) is 131 cm³/mol. The van der Waals surface area contributed by atoms with Gasteiger partial charge in [-0.05, 0) is 50.1 Å². The number of hydrogen-bond donors (Lipinski definition) is 2. The number of aryl methyl sites for hydroxylation is 2. The Kier molecular flexibility index (Phi) is 7.07. The molecular formula is C21H25ClN4O2S3. The minimum atomic E-state index is -2.87. The van der Waals surface area contributed by atoms with Crippen molar-refractivity contribution in [3.63, 3.8) is 0 Å². The number of thiophene rings is 1. The Balaban J connectivity index is 1.44. The van der Waals surface area contributed by atoms with Crippen LogP contribution in [0.3, 0.4) is 0 Å². The molecule has 1 saturated heterocycles. The summed E-state index contributed by atoms with van der Waals surface area (Å²) in [6.45, 7) is 5.56. The first-order valence-corrected chi connectivity index (χ1v) is 14.1. The smallest absolute Gasteiger partial charge is 0.151 e. The van der Waals surface area contributed by atoms with Crippen molar-refractivity contribution in [3.05, 3.63) is 45.6 Å². The molecule has 2 N–H and O–H groups in total. The molecule has 31 heavy (non-hydrogen) atoms. The van der Waals surface area contributed by atoms with Gasteiger partial charge in [0.15, 0.2) is 9.84 Å². The van der Waals surface area contributed by atoms with Gasteiger partial charge in [-0.2, -0.15) is 0 Å².